The summed E-state index contributed by atoms with van der Waals surface area (Å²) in [5, 5.41) is 12.4. The van der Waals surface area contributed by atoms with Crippen LogP contribution in [0.2, 0.25) is 0 Å². The van der Waals surface area contributed by atoms with Crippen LogP contribution < -0.4 is 14.6 Å². The first-order valence-corrected chi connectivity index (χ1v) is 11.9. The number of aromatic hydroxyl groups is 1. The fourth-order valence-corrected chi connectivity index (χ4v) is 3.70. The minimum Gasteiger partial charge on any atom is -0.507 e. The Morgan fingerprint density at radius 1 is 1.06 bits per heavy atom. The van der Waals surface area contributed by atoms with E-state index in [-0.39, 0.29) is 42.4 Å². The van der Waals surface area contributed by atoms with Crippen LogP contribution in [-0.2, 0) is 18.6 Å². The van der Waals surface area contributed by atoms with Crippen LogP contribution in [0, 0.1) is 0 Å². The quantitative estimate of drug-likeness (QED) is 0.223. The minimum absolute atomic E-state index is 0.0257. The number of phenolic OH excluding ortho intramolecular Hbond substituents is 1. The largest absolute Gasteiger partial charge is 0.507 e. The maximum Gasteiger partial charge on any atom is 0.445 e. The number of unbranched alkanes of at least 4 members (excludes halogenated alkanes) is 1. The highest BCUT2D eigenvalue weighted by molar-refractivity contribution is 7.54. The van der Waals surface area contributed by atoms with Gasteiger partial charge in [-0.05, 0) is 37.1 Å². The van der Waals surface area contributed by atoms with E-state index in [4.69, 9.17) is 13.8 Å². The summed E-state index contributed by atoms with van der Waals surface area (Å²) in [4.78, 5) is 23.6. The second-order valence-electron chi connectivity index (χ2n) is 6.85. The van der Waals surface area contributed by atoms with Gasteiger partial charge in [0.2, 0.25) is 5.91 Å². The van der Waals surface area contributed by atoms with Gasteiger partial charge >= 0.3 is 19.7 Å². The lowest BCUT2D eigenvalue weighted by atomic mass is 10.2. The zero-order valence-electron chi connectivity index (χ0n) is 18.4. The number of amides is 1. The minimum atomic E-state index is -4.74. The average molecular weight is 501 g/mol. The van der Waals surface area contributed by atoms with Crippen LogP contribution in [0.5, 0.6) is 17.2 Å². The number of esters is 1. The summed E-state index contributed by atoms with van der Waals surface area (Å²) in [5.41, 5.74) is -0.0735. The SMILES string of the molecule is COC(=O)c1c(O)cccc1OCCCCNC(=O)CCOP(=O)(Oc1ccccc1)C(F)F. The Morgan fingerprint density at radius 2 is 1.79 bits per heavy atom. The molecule has 0 saturated heterocycles. The molecule has 0 spiro atoms. The molecule has 0 aromatic heterocycles. The first-order valence-electron chi connectivity index (χ1n) is 10.3. The average Bonchev–Trinajstić information content (AvgIpc) is 2.81. The number of methoxy groups -OCH3 is 1. The second kappa shape index (κ2) is 13.5. The predicted octanol–water partition coefficient (Wildman–Crippen LogP) is 4.36. The molecule has 186 valence electrons. The summed E-state index contributed by atoms with van der Waals surface area (Å²) in [5.74, 6) is -1.31. The third kappa shape index (κ3) is 8.31. The maximum absolute atomic E-state index is 13.2. The van der Waals surface area contributed by atoms with E-state index in [1.165, 1.54) is 49.6 Å². The maximum atomic E-state index is 13.2. The van der Waals surface area contributed by atoms with Crippen molar-refractivity contribution < 1.29 is 46.6 Å². The number of hydrogen-bond donors (Lipinski definition) is 2. The molecule has 0 saturated carbocycles. The van der Waals surface area contributed by atoms with Gasteiger partial charge in [0.05, 0.1) is 26.7 Å². The smallest absolute Gasteiger partial charge is 0.445 e. The molecule has 1 unspecified atom stereocenters. The van der Waals surface area contributed by atoms with Gasteiger partial charge in [0.15, 0.2) is 0 Å². The van der Waals surface area contributed by atoms with Crippen molar-refractivity contribution in [2.45, 2.75) is 25.4 Å². The first-order chi connectivity index (χ1) is 16.3. The number of rotatable bonds is 14. The molecule has 0 bridgehead atoms. The van der Waals surface area contributed by atoms with Crippen molar-refractivity contribution in [1.82, 2.24) is 5.32 Å². The number of ether oxygens (including phenoxy) is 2. The van der Waals surface area contributed by atoms with E-state index < -0.39 is 32.2 Å². The fourth-order valence-electron chi connectivity index (χ4n) is 2.69. The molecule has 0 aliphatic carbocycles. The highest BCUT2D eigenvalue weighted by Crippen LogP contribution is 2.54. The highest BCUT2D eigenvalue weighted by atomic mass is 31.2. The zero-order chi connectivity index (χ0) is 25.0. The number of carbonyl (C=O) groups is 2. The number of benzene rings is 2. The Balaban J connectivity index is 1.67. The van der Waals surface area contributed by atoms with E-state index in [1.54, 1.807) is 6.07 Å². The Kier molecular flexibility index (Phi) is 10.8. The molecule has 34 heavy (non-hydrogen) atoms. The van der Waals surface area contributed by atoms with Gasteiger partial charge in [-0.15, -0.1) is 0 Å². The molecular weight excluding hydrogens is 475 g/mol. The van der Waals surface area contributed by atoms with Gasteiger partial charge in [0.1, 0.15) is 22.8 Å². The van der Waals surface area contributed by atoms with Crippen molar-refractivity contribution in [2.75, 3.05) is 26.9 Å². The molecule has 0 radical (unpaired) electrons. The van der Waals surface area contributed by atoms with Crippen LogP contribution in [0.1, 0.15) is 29.6 Å². The molecule has 2 aromatic carbocycles. The number of carbonyl (C=O) groups excluding carboxylic acids is 2. The number of nitrogens with one attached hydrogen (secondary N) is 1. The standard InChI is InChI=1S/C22H26F2NO8P/c1-30-21(28)20-17(26)10-7-11-18(20)31-14-6-5-13-25-19(27)12-15-32-34(29,22(23)24)33-16-8-3-2-4-9-16/h2-4,7-11,22,26H,5-6,12-15H2,1H3,(H,25,27). The van der Waals surface area contributed by atoms with Crippen LogP contribution in [0.4, 0.5) is 8.78 Å². The van der Waals surface area contributed by atoms with Gasteiger partial charge < -0.3 is 24.4 Å². The molecule has 2 rings (SSSR count). The second-order valence-corrected chi connectivity index (χ2v) is 8.76. The van der Waals surface area contributed by atoms with E-state index >= 15 is 0 Å². The van der Waals surface area contributed by atoms with Gasteiger partial charge in [-0.3, -0.25) is 9.32 Å². The Bertz CT molecular complexity index is 990. The molecule has 2 N–H and O–H groups in total. The van der Waals surface area contributed by atoms with E-state index in [0.29, 0.717) is 12.8 Å². The molecular formula is C22H26F2NO8P. The Hall–Kier alpha value is -3.17. The number of phenols is 1. The van der Waals surface area contributed by atoms with Gasteiger partial charge in [0, 0.05) is 6.54 Å². The summed E-state index contributed by atoms with van der Waals surface area (Å²) in [7, 11) is -3.55. The van der Waals surface area contributed by atoms with Gasteiger partial charge in [0.25, 0.3) is 0 Å². The molecule has 0 aliphatic rings. The van der Waals surface area contributed by atoms with E-state index in [9.17, 15) is 28.0 Å². The van der Waals surface area contributed by atoms with Crippen LogP contribution in [0.3, 0.4) is 0 Å². The van der Waals surface area contributed by atoms with Crippen molar-refractivity contribution in [2.24, 2.45) is 0 Å². The van der Waals surface area contributed by atoms with Crippen LogP contribution in [0.25, 0.3) is 0 Å². The molecule has 1 atom stereocenters. The van der Waals surface area contributed by atoms with Crippen LogP contribution >= 0.6 is 7.60 Å². The predicted molar refractivity (Wildman–Crippen MR) is 118 cm³/mol. The lowest BCUT2D eigenvalue weighted by molar-refractivity contribution is -0.121. The molecule has 0 fully saturated rings. The van der Waals surface area contributed by atoms with Gasteiger partial charge in [-0.2, -0.15) is 8.78 Å². The zero-order valence-corrected chi connectivity index (χ0v) is 19.3. The number of para-hydroxylation sites is 1. The Labute approximate surface area is 195 Å². The number of halogens is 2. The molecule has 0 heterocycles. The van der Waals surface area contributed by atoms with Crippen molar-refractivity contribution in [3.8, 4) is 17.2 Å². The molecule has 12 heteroatoms. The van der Waals surface area contributed by atoms with Crippen LogP contribution in [-0.4, -0.2) is 50.0 Å². The lowest BCUT2D eigenvalue weighted by Gasteiger charge is -2.18. The number of alkyl halides is 2. The summed E-state index contributed by atoms with van der Waals surface area (Å²) in [6, 6.07) is 11.8. The monoisotopic (exact) mass is 501 g/mol. The van der Waals surface area contributed by atoms with E-state index in [1.807, 2.05) is 0 Å². The summed E-state index contributed by atoms with van der Waals surface area (Å²) < 4.78 is 58.3. The van der Waals surface area contributed by atoms with Crippen molar-refractivity contribution in [3.05, 3.63) is 54.1 Å². The molecule has 1 amide bonds. The molecule has 2 aromatic rings. The van der Waals surface area contributed by atoms with Crippen molar-refractivity contribution in [3.63, 3.8) is 0 Å². The van der Waals surface area contributed by atoms with Crippen molar-refractivity contribution >= 4 is 19.5 Å². The fraction of sp³-hybridized carbons (Fsp3) is 0.364. The van der Waals surface area contributed by atoms with E-state index in [2.05, 4.69) is 10.1 Å². The first kappa shape index (κ1) is 27.1. The van der Waals surface area contributed by atoms with E-state index in [0.717, 1.165) is 0 Å². The van der Waals surface area contributed by atoms with Gasteiger partial charge in [-0.1, -0.05) is 24.3 Å². The topological polar surface area (TPSA) is 120 Å². The van der Waals surface area contributed by atoms with Gasteiger partial charge in [-0.25, -0.2) is 9.36 Å². The summed E-state index contributed by atoms with van der Waals surface area (Å²) >= 11 is 0. The summed E-state index contributed by atoms with van der Waals surface area (Å²) in [6.45, 7) is -0.0167. The Morgan fingerprint density at radius 3 is 2.47 bits per heavy atom. The van der Waals surface area contributed by atoms with Crippen molar-refractivity contribution in [1.29, 1.82) is 0 Å². The lowest BCUT2D eigenvalue weighted by Crippen LogP contribution is -2.25. The third-order valence-corrected chi connectivity index (χ3v) is 5.85. The number of hydrogen-bond acceptors (Lipinski definition) is 8. The van der Waals surface area contributed by atoms with Crippen LogP contribution in [0.15, 0.2) is 48.5 Å². The third-order valence-electron chi connectivity index (χ3n) is 4.36. The molecule has 0 aliphatic heterocycles. The summed E-state index contributed by atoms with van der Waals surface area (Å²) in [6.07, 6.45) is -2.61. The highest BCUT2D eigenvalue weighted by Gasteiger charge is 2.38. The normalized spacial score (nSPS) is 12.6. The molecule has 9 nitrogen and oxygen atoms in total.